The van der Waals surface area contributed by atoms with Gasteiger partial charge in [-0.2, -0.15) is 0 Å². The summed E-state index contributed by atoms with van der Waals surface area (Å²) < 4.78 is 23.7. The number of nitrogens with one attached hydrogen (secondary N) is 1. The fraction of sp³-hybridized carbons (Fsp3) is 0.611. The molecule has 2 aliphatic rings. The third kappa shape index (κ3) is 4.92. The number of likely N-dealkylation sites (tertiary alicyclic amines) is 1. The van der Waals surface area contributed by atoms with Gasteiger partial charge in [-0.05, 0) is 43.5 Å². The highest BCUT2D eigenvalue weighted by molar-refractivity contribution is 5.79. The van der Waals surface area contributed by atoms with Crippen LogP contribution in [-0.2, 0) is 9.53 Å². The molecule has 0 aliphatic carbocycles. The van der Waals surface area contributed by atoms with Crippen molar-refractivity contribution in [2.75, 3.05) is 39.5 Å². The molecule has 6 heteroatoms. The number of rotatable bonds is 6. The average molecular weight is 336 g/mol. The SMILES string of the molecule is O=C(NC1CCN(CCOc2ccc(F)cc2)CC1)[C@H]1CCOC1. The number of piperidine rings is 1. The van der Waals surface area contributed by atoms with Gasteiger partial charge in [0.15, 0.2) is 0 Å². The van der Waals surface area contributed by atoms with Crippen LogP contribution < -0.4 is 10.1 Å². The molecule has 1 amide bonds. The summed E-state index contributed by atoms with van der Waals surface area (Å²) in [5, 5.41) is 3.16. The quantitative estimate of drug-likeness (QED) is 0.861. The van der Waals surface area contributed by atoms with Crippen molar-refractivity contribution in [1.29, 1.82) is 0 Å². The number of carbonyl (C=O) groups excluding carboxylic acids is 1. The molecule has 132 valence electrons. The molecule has 1 aromatic rings. The Bertz CT molecular complexity index is 524. The standard InChI is InChI=1S/C18H25FN2O3/c19-15-1-3-17(4-2-15)24-12-10-21-8-5-16(6-9-21)20-18(22)14-7-11-23-13-14/h1-4,14,16H,5-13H2,(H,20,22)/t14-/m0/s1. The largest absolute Gasteiger partial charge is 0.492 e. The summed E-state index contributed by atoms with van der Waals surface area (Å²) in [5.74, 6) is 0.616. The highest BCUT2D eigenvalue weighted by atomic mass is 19.1. The van der Waals surface area contributed by atoms with Gasteiger partial charge in [0.25, 0.3) is 0 Å². The summed E-state index contributed by atoms with van der Waals surface area (Å²) in [4.78, 5) is 14.4. The van der Waals surface area contributed by atoms with Crippen molar-refractivity contribution in [1.82, 2.24) is 10.2 Å². The summed E-state index contributed by atoms with van der Waals surface area (Å²) in [6.07, 6.45) is 2.77. The lowest BCUT2D eigenvalue weighted by atomic mass is 10.0. The zero-order chi connectivity index (χ0) is 16.8. The van der Waals surface area contributed by atoms with Crippen molar-refractivity contribution in [2.24, 2.45) is 5.92 Å². The molecule has 2 saturated heterocycles. The van der Waals surface area contributed by atoms with E-state index in [9.17, 15) is 9.18 Å². The van der Waals surface area contributed by atoms with Crippen molar-refractivity contribution in [3.8, 4) is 5.75 Å². The molecule has 0 saturated carbocycles. The molecule has 0 aromatic heterocycles. The lowest BCUT2D eigenvalue weighted by Crippen LogP contribution is -2.47. The van der Waals surface area contributed by atoms with Gasteiger partial charge in [0.2, 0.25) is 5.91 Å². The summed E-state index contributed by atoms with van der Waals surface area (Å²) in [5.41, 5.74) is 0. The van der Waals surface area contributed by atoms with Crippen LogP contribution in [0.5, 0.6) is 5.75 Å². The number of carbonyl (C=O) groups is 1. The van der Waals surface area contributed by atoms with Crippen LogP contribution in [0, 0.1) is 11.7 Å². The molecule has 1 atom stereocenters. The van der Waals surface area contributed by atoms with Crippen LogP contribution >= 0.6 is 0 Å². The van der Waals surface area contributed by atoms with E-state index in [0.717, 1.165) is 38.9 Å². The van der Waals surface area contributed by atoms with Crippen LogP contribution in [0.15, 0.2) is 24.3 Å². The molecule has 24 heavy (non-hydrogen) atoms. The molecule has 5 nitrogen and oxygen atoms in total. The van der Waals surface area contributed by atoms with Gasteiger partial charge in [-0.1, -0.05) is 0 Å². The van der Waals surface area contributed by atoms with E-state index in [2.05, 4.69) is 10.2 Å². The number of hydrogen-bond donors (Lipinski definition) is 1. The van der Waals surface area contributed by atoms with Gasteiger partial charge in [0.1, 0.15) is 18.2 Å². The van der Waals surface area contributed by atoms with Crippen molar-refractivity contribution in [3.05, 3.63) is 30.1 Å². The molecule has 0 unspecified atom stereocenters. The average Bonchev–Trinajstić information content (AvgIpc) is 3.13. The fourth-order valence-corrected chi connectivity index (χ4v) is 3.18. The summed E-state index contributed by atoms with van der Waals surface area (Å²) in [7, 11) is 0. The maximum absolute atomic E-state index is 12.8. The van der Waals surface area contributed by atoms with E-state index >= 15 is 0 Å². The topological polar surface area (TPSA) is 50.8 Å². The minimum absolute atomic E-state index is 0.0344. The Hall–Kier alpha value is -1.66. The smallest absolute Gasteiger partial charge is 0.225 e. The van der Waals surface area contributed by atoms with E-state index in [4.69, 9.17) is 9.47 Å². The Morgan fingerprint density at radius 3 is 2.67 bits per heavy atom. The van der Waals surface area contributed by atoms with Crippen molar-refractivity contribution in [3.63, 3.8) is 0 Å². The number of benzene rings is 1. The van der Waals surface area contributed by atoms with Crippen LogP contribution in [0.4, 0.5) is 4.39 Å². The number of amides is 1. The number of halogens is 1. The first kappa shape index (κ1) is 17.2. The number of nitrogens with zero attached hydrogens (tertiary/aromatic N) is 1. The Morgan fingerprint density at radius 1 is 1.25 bits per heavy atom. The van der Waals surface area contributed by atoms with Crippen molar-refractivity contribution < 1.29 is 18.7 Å². The van der Waals surface area contributed by atoms with Gasteiger partial charge < -0.3 is 14.8 Å². The Labute approximate surface area is 142 Å². The van der Waals surface area contributed by atoms with Crippen LogP contribution in [0.25, 0.3) is 0 Å². The monoisotopic (exact) mass is 336 g/mol. The molecule has 1 aromatic carbocycles. The summed E-state index contributed by atoms with van der Waals surface area (Å²) in [6, 6.07) is 6.36. The Balaban J connectivity index is 1.31. The Morgan fingerprint density at radius 2 is 2.00 bits per heavy atom. The molecule has 0 bridgehead atoms. The molecule has 1 N–H and O–H groups in total. The van der Waals surface area contributed by atoms with Gasteiger partial charge in [-0.15, -0.1) is 0 Å². The molecular formula is C18H25FN2O3. The number of ether oxygens (including phenoxy) is 2. The molecule has 0 radical (unpaired) electrons. The van der Waals surface area contributed by atoms with Gasteiger partial charge in [-0.25, -0.2) is 4.39 Å². The number of hydrogen-bond acceptors (Lipinski definition) is 4. The van der Waals surface area contributed by atoms with Crippen molar-refractivity contribution in [2.45, 2.75) is 25.3 Å². The second-order valence-electron chi connectivity index (χ2n) is 6.49. The first-order valence-corrected chi connectivity index (χ1v) is 8.69. The lowest BCUT2D eigenvalue weighted by Gasteiger charge is -2.32. The zero-order valence-corrected chi connectivity index (χ0v) is 13.9. The van der Waals surface area contributed by atoms with E-state index in [1.807, 2.05) is 0 Å². The van der Waals surface area contributed by atoms with Gasteiger partial charge in [0.05, 0.1) is 12.5 Å². The maximum Gasteiger partial charge on any atom is 0.225 e. The first-order valence-electron chi connectivity index (χ1n) is 8.69. The maximum atomic E-state index is 12.8. The van der Waals surface area contributed by atoms with E-state index in [0.29, 0.717) is 25.6 Å². The van der Waals surface area contributed by atoms with Crippen LogP contribution in [0.1, 0.15) is 19.3 Å². The zero-order valence-electron chi connectivity index (χ0n) is 13.9. The van der Waals surface area contributed by atoms with Gasteiger partial charge >= 0.3 is 0 Å². The predicted molar refractivity (Wildman–Crippen MR) is 88.4 cm³/mol. The second-order valence-corrected chi connectivity index (χ2v) is 6.49. The van der Waals surface area contributed by atoms with Crippen LogP contribution in [0.2, 0.25) is 0 Å². The molecule has 2 heterocycles. The molecular weight excluding hydrogens is 311 g/mol. The summed E-state index contributed by atoms with van der Waals surface area (Å²) in [6.45, 7) is 4.60. The summed E-state index contributed by atoms with van der Waals surface area (Å²) >= 11 is 0. The third-order valence-electron chi connectivity index (χ3n) is 4.72. The Kier molecular flexibility index (Phi) is 6.04. The first-order chi connectivity index (χ1) is 11.7. The predicted octanol–water partition coefficient (Wildman–Crippen LogP) is 1.82. The minimum atomic E-state index is -0.254. The van der Waals surface area contributed by atoms with Gasteiger partial charge in [-0.3, -0.25) is 9.69 Å². The van der Waals surface area contributed by atoms with E-state index < -0.39 is 0 Å². The van der Waals surface area contributed by atoms with Crippen molar-refractivity contribution >= 4 is 5.91 Å². The van der Waals surface area contributed by atoms with Crippen LogP contribution in [-0.4, -0.2) is 56.3 Å². The molecule has 2 aliphatic heterocycles. The molecule has 0 spiro atoms. The van der Waals surface area contributed by atoms with E-state index in [1.54, 1.807) is 12.1 Å². The third-order valence-corrected chi connectivity index (χ3v) is 4.72. The second kappa shape index (κ2) is 8.44. The highest BCUT2D eigenvalue weighted by Crippen LogP contribution is 2.16. The lowest BCUT2D eigenvalue weighted by molar-refractivity contribution is -0.126. The molecule has 2 fully saturated rings. The van der Waals surface area contributed by atoms with E-state index in [1.165, 1.54) is 12.1 Å². The van der Waals surface area contributed by atoms with Gasteiger partial charge in [0, 0.05) is 32.3 Å². The fourth-order valence-electron chi connectivity index (χ4n) is 3.18. The highest BCUT2D eigenvalue weighted by Gasteiger charge is 2.27. The minimum Gasteiger partial charge on any atom is -0.492 e. The van der Waals surface area contributed by atoms with E-state index in [-0.39, 0.29) is 23.7 Å². The normalized spacial score (nSPS) is 22.5. The molecule has 3 rings (SSSR count). The van der Waals surface area contributed by atoms with Crippen LogP contribution in [0.3, 0.4) is 0 Å².